The van der Waals surface area contributed by atoms with Gasteiger partial charge in [0.15, 0.2) is 5.78 Å². The van der Waals surface area contributed by atoms with Crippen LogP contribution in [0.4, 0.5) is 0 Å². The van der Waals surface area contributed by atoms with Gasteiger partial charge in [-0.15, -0.1) is 41.6 Å². The van der Waals surface area contributed by atoms with Crippen molar-refractivity contribution in [2.75, 3.05) is 0 Å². The van der Waals surface area contributed by atoms with Crippen molar-refractivity contribution in [2.24, 2.45) is 11.8 Å². The number of aromatic nitrogens is 1. The first-order valence-corrected chi connectivity index (χ1v) is 14.2. The molecule has 0 saturated carbocycles. The molecule has 2 heterocycles. The molecule has 38 heavy (non-hydrogen) atoms. The fraction of sp³-hybridized carbons (Fsp3) is 0.333. The van der Waals surface area contributed by atoms with Crippen LogP contribution < -0.4 is 0 Å². The van der Waals surface area contributed by atoms with Gasteiger partial charge in [0, 0.05) is 49.1 Å². The maximum Gasteiger partial charge on any atom is 0.162 e. The van der Waals surface area contributed by atoms with E-state index in [1.165, 1.54) is 43.0 Å². The molecular formula is C33H36IrNO2S-. The Balaban J connectivity index is 0.000000223. The van der Waals surface area contributed by atoms with Gasteiger partial charge in [0.1, 0.15) is 0 Å². The van der Waals surface area contributed by atoms with E-state index >= 15 is 0 Å². The summed E-state index contributed by atoms with van der Waals surface area (Å²) in [6.07, 6.45) is 6.82. The summed E-state index contributed by atoms with van der Waals surface area (Å²) in [4.78, 5) is 18.9. The molecule has 4 aromatic rings. The van der Waals surface area contributed by atoms with Crippen molar-refractivity contribution in [3.63, 3.8) is 0 Å². The van der Waals surface area contributed by atoms with Gasteiger partial charge < -0.3 is 10.1 Å². The molecule has 0 atom stereocenters. The van der Waals surface area contributed by atoms with Crippen molar-refractivity contribution in [1.82, 2.24) is 4.98 Å². The molecule has 0 fully saturated rings. The first-order valence-electron chi connectivity index (χ1n) is 13.4. The number of hydrogen-bond acceptors (Lipinski definition) is 4. The SMILES string of the molecule is CCC(CC)C(=O)/C=C(\O)C(CC)CC.Cc1ccc2c(c1)cc1c3c(nccc32)-c2[c-]cccc2S1.[Ir]. The smallest absolute Gasteiger partial charge is 0.162 e. The van der Waals surface area contributed by atoms with Crippen molar-refractivity contribution in [3.8, 4) is 11.3 Å². The third-order valence-corrected chi connectivity index (χ3v) is 8.44. The van der Waals surface area contributed by atoms with Crippen LogP contribution in [0, 0.1) is 24.8 Å². The van der Waals surface area contributed by atoms with E-state index in [0.717, 1.165) is 36.9 Å². The second-order valence-electron chi connectivity index (χ2n) is 9.69. The summed E-state index contributed by atoms with van der Waals surface area (Å²) in [5, 5.41) is 14.9. The Labute approximate surface area is 244 Å². The molecule has 3 aromatic carbocycles. The minimum absolute atomic E-state index is 0. The predicted molar refractivity (Wildman–Crippen MR) is 156 cm³/mol. The fourth-order valence-corrected chi connectivity index (χ4v) is 6.19. The molecule has 201 valence electrons. The first kappa shape index (κ1) is 30.1. The minimum Gasteiger partial charge on any atom is -0.512 e. The Kier molecular flexibility index (Phi) is 10.7. The van der Waals surface area contributed by atoms with Gasteiger partial charge in [0.05, 0.1) is 5.76 Å². The van der Waals surface area contributed by atoms with Gasteiger partial charge in [-0.05, 0) is 72.0 Å². The molecule has 0 spiro atoms. The summed E-state index contributed by atoms with van der Waals surface area (Å²) in [5.41, 5.74) is 3.48. The average molecular weight is 703 g/mol. The maximum atomic E-state index is 11.7. The van der Waals surface area contributed by atoms with E-state index in [0.29, 0.717) is 0 Å². The summed E-state index contributed by atoms with van der Waals surface area (Å²) in [6.45, 7) is 10.2. The summed E-state index contributed by atoms with van der Waals surface area (Å²) in [5.74, 6) is 0.547. The average Bonchev–Trinajstić information content (AvgIpc) is 2.90. The number of aliphatic hydroxyl groups excluding tert-OH is 1. The third-order valence-electron chi connectivity index (χ3n) is 7.34. The molecule has 0 unspecified atom stereocenters. The molecule has 0 bridgehead atoms. The van der Waals surface area contributed by atoms with Gasteiger partial charge in [-0.3, -0.25) is 4.79 Å². The molecule has 1 aliphatic heterocycles. The molecule has 1 aliphatic rings. The van der Waals surface area contributed by atoms with Crippen molar-refractivity contribution in [1.29, 1.82) is 0 Å². The zero-order chi connectivity index (χ0) is 26.5. The predicted octanol–water partition coefficient (Wildman–Crippen LogP) is 9.50. The molecule has 0 saturated heterocycles. The molecule has 0 amide bonds. The molecule has 3 nitrogen and oxygen atoms in total. The van der Waals surface area contributed by atoms with Crippen molar-refractivity contribution in [3.05, 3.63) is 78.2 Å². The van der Waals surface area contributed by atoms with Gasteiger partial charge in [0.2, 0.25) is 0 Å². The summed E-state index contributed by atoms with van der Waals surface area (Å²) < 4.78 is 0. The van der Waals surface area contributed by atoms with Crippen LogP contribution in [0.25, 0.3) is 32.8 Å². The van der Waals surface area contributed by atoms with Gasteiger partial charge in [-0.2, -0.15) is 0 Å². The Hall–Kier alpha value is -2.46. The number of aryl methyl sites for hydroxylation is 1. The van der Waals surface area contributed by atoms with E-state index in [-0.39, 0.29) is 43.5 Å². The summed E-state index contributed by atoms with van der Waals surface area (Å²) in [6, 6.07) is 20.6. The normalized spacial score (nSPS) is 12.2. The van der Waals surface area contributed by atoms with Crippen LogP contribution in [-0.2, 0) is 24.9 Å². The van der Waals surface area contributed by atoms with Crippen LogP contribution in [0.3, 0.4) is 0 Å². The standard InChI is InChI=1S/C20H12NS.C13H24O2.Ir/c1-12-6-7-14-13(10-12)11-18-19-15(14)8-9-21-20(19)16-4-2-3-5-17(16)22-18;1-5-10(6-2)12(14)9-13(15)11(7-3)8-4;/h2-3,5-11H,1H3;9-11,14H,5-8H2,1-4H3;/q-1;;/b;12-9-;. The van der Waals surface area contributed by atoms with Crippen LogP contribution in [0.15, 0.2) is 76.4 Å². The fourth-order valence-electron chi connectivity index (χ4n) is 5.06. The topological polar surface area (TPSA) is 50.2 Å². The minimum atomic E-state index is 0. The number of carbonyl (C=O) groups is 1. The van der Waals surface area contributed by atoms with Gasteiger partial charge in [-0.1, -0.05) is 56.4 Å². The van der Waals surface area contributed by atoms with Crippen LogP contribution >= 0.6 is 11.8 Å². The van der Waals surface area contributed by atoms with E-state index in [1.807, 2.05) is 57.8 Å². The van der Waals surface area contributed by atoms with E-state index in [1.54, 1.807) is 0 Å². The monoisotopic (exact) mass is 703 g/mol. The molecular weight excluding hydrogens is 667 g/mol. The molecule has 5 heteroatoms. The number of aliphatic hydroxyl groups is 1. The summed E-state index contributed by atoms with van der Waals surface area (Å²) in [7, 11) is 0. The van der Waals surface area contributed by atoms with E-state index < -0.39 is 0 Å². The zero-order valence-electron chi connectivity index (χ0n) is 22.8. The molecule has 1 radical (unpaired) electrons. The Morgan fingerprint density at radius 3 is 2.37 bits per heavy atom. The van der Waals surface area contributed by atoms with E-state index in [2.05, 4.69) is 54.4 Å². The van der Waals surface area contributed by atoms with Crippen molar-refractivity contribution >= 4 is 39.1 Å². The van der Waals surface area contributed by atoms with Gasteiger partial charge >= 0.3 is 0 Å². The number of benzene rings is 3. The quantitative estimate of drug-likeness (QED) is 0.0795. The van der Waals surface area contributed by atoms with Crippen molar-refractivity contribution < 1.29 is 30.0 Å². The summed E-state index contributed by atoms with van der Waals surface area (Å²) >= 11 is 1.82. The number of pyridine rings is 1. The number of ketones is 1. The second kappa shape index (κ2) is 13.6. The number of hydrogen-bond donors (Lipinski definition) is 1. The second-order valence-corrected chi connectivity index (χ2v) is 10.8. The Morgan fingerprint density at radius 1 is 0.974 bits per heavy atom. The molecule has 0 aliphatic carbocycles. The van der Waals surface area contributed by atoms with E-state index in [4.69, 9.17) is 0 Å². The van der Waals surface area contributed by atoms with Crippen LogP contribution in [0.5, 0.6) is 0 Å². The van der Waals surface area contributed by atoms with Crippen molar-refractivity contribution in [2.45, 2.75) is 70.1 Å². The number of fused-ring (bicyclic) bond motifs is 4. The molecule has 5 rings (SSSR count). The number of carbonyl (C=O) groups excluding carboxylic acids is 1. The largest absolute Gasteiger partial charge is 0.512 e. The van der Waals surface area contributed by atoms with Crippen LogP contribution in [-0.4, -0.2) is 15.9 Å². The Morgan fingerprint density at radius 2 is 1.68 bits per heavy atom. The number of nitrogens with zero attached hydrogens (tertiary/aromatic N) is 1. The number of rotatable bonds is 7. The van der Waals surface area contributed by atoms with Crippen LogP contribution in [0.1, 0.15) is 58.9 Å². The zero-order valence-corrected chi connectivity index (χ0v) is 26.0. The Bertz CT molecular complexity index is 1450. The maximum absolute atomic E-state index is 11.7. The molecule has 1 aromatic heterocycles. The van der Waals surface area contributed by atoms with Crippen LogP contribution in [0.2, 0.25) is 0 Å². The first-order chi connectivity index (χ1) is 17.9. The number of allylic oxidation sites excluding steroid dienone is 2. The van der Waals surface area contributed by atoms with Gasteiger partial charge in [-0.25, -0.2) is 0 Å². The molecule has 1 N–H and O–H groups in total. The third kappa shape index (κ3) is 6.22. The van der Waals surface area contributed by atoms with E-state index in [9.17, 15) is 9.90 Å². The van der Waals surface area contributed by atoms with Gasteiger partial charge in [0.25, 0.3) is 0 Å².